The van der Waals surface area contributed by atoms with Crippen LogP contribution in [-0.2, 0) is 19.1 Å². The van der Waals surface area contributed by atoms with Gasteiger partial charge in [-0.3, -0.25) is 4.79 Å². The number of ketones is 1. The fraction of sp³-hybridized carbons (Fsp3) is 0.0952. The number of rotatable bonds is 2. The van der Waals surface area contributed by atoms with E-state index in [1.165, 1.54) is 14.2 Å². The molecule has 0 N–H and O–H groups in total. The highest BCUT2D eigenvalue weighted by molar-refractivity contribution is 8.29. The molecule has 0 spiro atoms. The Hall–Kier alpha value is -2.77. The lowest BCUT2D eigenvalue weighted by Crippen LogP contribution is -2.12. The number of methoxy groups -OCH3 is 2. The van der Waals surface area contributed by atoms with Crippen LogP contribution in [0.25, 0.3) is 16.7 Å². The van der Waals surface area contributed by atoms with E-state index in [9.17, 15) is 14.4 Å². The molecule has 0 bridgehead atoms. The largest absolute Gasteiger partial charge is 0.465 e. The number of benzene rings is 2. The Bertz CT molecular complexity index is 1070. The molecule has 4 rings (SSSR count). The van der Waals surface area contributed by atoms with E-state index in [4.69, 9.17) is 9.47 Å². The molecular weight excluding hydrogens is 396 g/mol. The molecule has 7 heteroatoms. The van der Waals surface area contributed by atoms with Gasteiger partial charge in [0.05, 0.1) is 24.0 Å². The van der Waals surface area contributed by atoms with Gasteiger partial charge < -0.3 is 9.47 Å². The average Bonchev–Trinajstić information content (AvgIpc) is 3.18. The van der Waals surface area contributed by atoms with Crippen molar-refractivity contribution in [1.29, 1.82) is 0 Å². The Balaban J connectivity index is 1.90. The van der Waals surface area contributed by atoms with Crippen LogP contribution in [0.1, 0.15) is 15.9 Å². The Morgan fingerprint density at radius 1 is 0.714 bits per heavy atom. The normalized spacial score (nSPS) is 15.3. The quantitative estimate of drug-likeness (QED) is 0.541. The Labute approximate surface area is 169 Å². The zero-order valence-electron chi connectivity index (χ0n) is 15.0. The van der Waals surface area contributed by atoms with Crippen molar-refractivity contribution in [3.63, 3.8) is 0 Å². The number of hydrogen-bond donors (Lipinski definition) is 0. The molecule has 140 valence electrons. The molecule has 28 heavy (non-hydrogen) atoms. The van der Waals surface area contributed by atoms with Crippen molar-refractivity contribution < 1.29 is 23.9 Å². The van der Waals surface area contributed by atoms with Gasteiger partial charge in [-0.05, 0) is 16.7 Å². The van der Waals surface area contributed by atoms with Crippen molar-refractivity contribution in [2.75, 3.05) is 14.2 Å². The molecule has 0 fully saturated rings. The molecule has 0 aromatic heterocycles. The number of thioether (sulfide) groups is 2. The summed E-state index contributed by atoms with van der Waals surface area (Å²) < 4.78 is 10.2. The first kappa shape index (κ1) is 18.6. The average molecular weight is 410 g/mol. The van der Waals surface area contributed by atoms with Crippen LogP contribution in [0.3, 0.4) is 0 Å². The molecule has 0 saturated heterocycles. The summed E-state index contributed by atoms with van der Waals surface area (Å²) in [6.45, 7) is 0. The van der Waals surface area contributed by atoms with Gasteiger partial charge in [0.2, 0.25) is 0 Å². The van der Waals surface area contributed by atoms with E-state index in [1.54, 1.807) is 6.07 Å². The maximum atomic E-state index is 13.3. The van der Waals surface area contributed by atoms with E-state index in [1.807, 2.05) is 42.5 Å². The molecular formula is C21H14O5S2. The lowest BCUT2D eigenvalue weighted by molar-refractivity contribution is -0.138. The lowest BCUT2D eigenvalue weighted by atomic mass is 9.82. The molecule has 0 radical (unpaired) electrons. The number of carbonyl (C=O) groups excluding carboxylic acids is 3. The highest BCUT2D eigenvalue weighted by atomic mass is 32.2. The monoisotopic (exact) mass is 410 g/mol. The molecule has 1 aliphatic heterocycles. The summed E-state index contributed by atoms with van der Waals surface area (Å²) >= 11 is 2.14. The summed E-state index contributed by atoms with van der Waals surface area (Å²) in [7, 11) is 2.50. The fourth-order valence-corrected chi connectivity index (χ4v) is 5.75. The van der Waals surface area contributed by atoms with Crippen molar-refractivity contribution in [3.8, 4) is 11.1 Å². The van der Waals surface area contributed by atoms with Crippen LogP contribution in [0, 0.1) is 0 Å². The van der Waals surface area contributed by atoms with Gasteiger partial charge in [0.15, 0.2) is 5.78 Å². The van der Waals surface area contributed by atoms with E-state index in [0.29, 0.717) is 15.4 Å². The van der Waals surface area contributed by atoms with Crippen LogP contribution >= 0.6 is 23.5 Å². The molecule has 2 aromatic carbocycles. The third kappa shape index (κ3) is 2.87. The number of Topliss-reactive ketones (excluding diaryl/α,β-unsaturated/α-hetero) is 1. The van der Waals surface area contributed by atoms with Crippen molar-refractivity contribution in [3.05, 3.63) is 73.7 Å². The molecule has 1 aliphatic carbocycles. The number of esters is 2. The van der Waals surface area contributed by atoms with Crippen molar-refractivity contribution in [2.45, 2.75) is 0 Å². The summed E-state index contributed by atoms with van der Waals surface area (Å²) in [5.41, 5.74) is 3.65. The second kappa shape index (κ2) is 7.33. The first-order chi connectivity index (χ1) is 13.6. The Kier molecular flexibility index (Phi) is 4.87. The molecule has 2 aromatic rings. The lowest BCUT2D eigenvalue weighted by Gasteiger charge is -2.22. The van der Waals surface area contributed by atoms with Gasteiger partial charge in [0.1, 0.15) is 9.81 Å². The van der Waals surface area contributed by atoms with Gasteiger partial charge in [-0.15, -0.1) is 0 Å². The van der Waals surface area contributed by atoms with Gasteiger partial charge in [-0.25, -0.2) is 9.59 Å². The fourth-order valence-electron chi connectivity index (χ4n) is 3.17. The number of fused-ring (bicyclic) bond motifs is 3. The van der Waals surface area contributed by atoms with Gasteiger partial charge in [0, 0.05) is 5.56 Å². The smallest absolute Gasteiger partial charge is 0.346 e. The van der Waals surface area contributed by atoms with E-state index in [-0.39, 0.29) is 15.6 Å². The zero-order valence-corrected chi connectivity index (χ0v) is 16.6. The highest BCUT2D eigenvalue weighted by Crippen LogP contribution is 2.55. The summed E-state index contributed by atoms with van der Waals surface area (Å²) in [5.74, 6) is -1.41. The Morgan fingerprint density at radius 2 is 1.14 bits per heavy atom. The first-order valence-corrected chi connectivity index (χ1v) is 9.94. The van der Waals surface area contributed by atoms with Gasteiger partial charge in [0.25, 0.3) is 0 Å². The number of allylic oxidation sites excluding steroid dienone is 1. The molecule has 0 atom stereocenters. The minimum Gasteiger partial charge on any atom is -0.465 e. The summed E-state index contributed by atoms with van der Waals surface area (Å²) in [6.07, 6.45) is 0. The summed E-state index contributed by atoms with van der Waals surface area (Å²) in [4.78, 5) is 37.9. The van der Waals surface area contributed by atoms with Crippen LogP contribution in [0.15, 0.2) is 62.6 Å². The second-order valence-electron chi connectivity index (χ2n) is 5.93. The topological polar surface area (TPSA) is 69.7 Å². The Morgan fingerprint density at radius 3 is 1.64 bits per heavy atom. The molecule has 2 aliphatic rings. The molecule has 0 amide bonds. The summed E-state index contributed by atoms with van der Waals surface area (Å²) in [6, 6.07) is 15.0. The number of hydrogen-bond acceptors (Lipinski definition) is 7. The SMILES string of the molecule is COC(=O)C1=C(C(=O)OC)SC(=C2C(=O)c3ccccc3-c3ccccc32)S1. The second-order valence-corrected chi connectivity index (χ2v) is 8.23. The van der Waals surface area contributed by atoms with E-state index in [2.05, 4.69) is 0 Å². The van der Waals surface area contributed by atoms with Crippen molar-refractivity contribution >= 4 is 46.8 Å². The van der Waals surface area contributed by atoms with Crippen LogP contribution in [0.2, 0.25) is 0 Å². The summed E-state index contributed by atoms with van der Waals surface area (Å²) in [5, 5.41) is 0. The van der Waals surface area contributed by atoms with Crippen molar-refractivity contribution in [2.24, 2.45) is 0 Å². The maximum absolute atomic E-state index is 13.3. The standard InChI is InChI=1S/C21H14O5S2/c1-25-19(23)17-18(20(24)26-2)28-21(27-17)15-13-9-5-3-7-11(13)12-8-4-6-10-14(12)16(15)22/h3-10H,1-2H3. The van der Waals surface area contributed by atoms with Crippen molar-refractivity contribution in [1.82, 2.24) is 0 Å². The molecule has 0 unspecified atom stereocenters. The number of carbonyl (C=O) groups is 3. The van der Waals surface area contributed by atoms with Gasteiger partial charge in [-0.2, -0.15) is 0 Å². The third-order valence-corrected chi connectivity index (χ3v) is 6.98. The predicted molar refractivity (Wildman–Crippen MR) is 109 cm³/mol. The predicted octanol–water partition coefficient (Wildman–Crippen LogP) is 4.26. The minimum atomic E-state index is -0.634. The van der Waals surface area contributed by atoms with Crippen LogP contribution < -0.4 is 0 Å². The maximum Gasteiger partial charge on any atom is 0.346 e. The number of ether oxygens (including phenoxy) is 2. The van der Waals surface area contributed by atoms with E-state index < -0.39 is 11.9 Å². The zero-order chi connectivity index (χ0) is 19.8. The minimum absolute atomic E-state index is 0.131. The first-order valence-electron chi connectivity index (χ1n) is 8.31. The van der Waals surface area contributed by atoms with E-state index >= 15 is 0 Å². The highest BCUT2D eigenvalue weighted by Gasteiger charge is 2.37. The molecule has 1 heterocycles. The van der Waals surface area contributed by atoms with Crippen LogP contribution in [0.4, 0.5) is 0 Å². The van der Waals surface area contributed by atoms with Gasteiger partial charge in [-0.1, -0.05) is 72.1 Å². The molecule has 5 nitrogen and oxygen atoms in total. The van der Waals surface area contributed by atoms with E-state index in [0.717, 1.165) is 40.2 Å². The van der Waals surface area contributed by atoms with Crippen LogP contribution in [-0.4, -0.2) is 31.9 Å². The molecule has 0 saturated carbocycles. The van der Waals surface area contributed by atoms with Crippen LogP contribution in [0.5, 0.6) is 0 Å². The van der Waals surface area contributed by atoms with Gasteiger partial charge >= 0.3 is 11.9 Å². The third-order valence-electron chi connectivity index (χ3n) is 4.43.